The fourth-order valence-corrected chi connectivity index (χ4v) is 3.09. The van der Waals surface area contributed by atoms with E-state index in [1.165, 1.54) is 0 Å². The number of hydrogen-bond acceptors (Lipinski definition) is 3. The van der Waals surface area contributed by atoms with Crippen LogP contribution in [0.25, 0.3) is 0 Å². The molecule has 3 rings (SSSR count). The van der Waals surface area contributed by atoms with Crippen molar-refractivity contribution in [3.63, 3.8) is 0 Å². The van der Waals surface area contributed by atoms with Crippen molar-refractivity contribution >= 4 is 23.2 Å². The van der Waals surface area contributed by atoms with Crippen molar-refractivity contribution in [2.45, 2.75) is 20.3 Å². The summed E-state index contributed by atoms with van der Waals surface area (Å²) in [4.78, 5) is 26.7. The third-order valence-electron chi connectivity index (χ3n) is 4.73. The Morgan fingerprint density at radius 3 is 2.68 bits per heavy atom. The van der Waals surface area contributed by atoms with Crippen LogP contribution in [-0.2, 0) is 9.59 Å². The molecule has 0 unspecified atom stereocenters. The standard InChI is InChI=1S/C20H22N2O3/c1-13-7-6-8-16(14(13)2)21-20(24)15-11-19(23)22(12-15)17-9-4-5-10-18(17)25-3/h4-10,15H,11-12H2,1-3H3,(H,21,24)/t15-/m1/s1. The number of para-hydroxylation sites is 2. The van der Waals surface area contributed by atoms with Gasteiger partial charge >= 0.3 is 0 Å². The number of anilines is 2. The lowest BCUT2D eigenvalue weighted by Gasteiger charge is -2.19. The van der Waals surface area contributed by atoms with E-state index in [9.17, 15) is 9.59 Å². The van der Waals surface area contributed by atoms with Crippen LogP contribution in [0.2, 0.25) is 0 Å². The molecular formula is C20H22N2O3. The van der Waals surface area contributed by atoms with Crippen molar-refractivity contribution < 1.29 is 14.3 Å². The summed E-state index contributed by atoms with van der Waals surface area (Å²) in [5.74, 6) is 0.0637. The number of ether oxygens (including phenoxy) is 1. The lowest BCUT2D eigenvalue weighted by atomic mass is 10.1. The van der Waals surface area contributed by atoms with E-state index in [0.717, 1.165) is 16.8 Å². The number of rotatable bonds is 4. The van der Waals surface area contributed by atoms with E-state index >= 15 is 0 Å². The number of carbonyl (C=O) groups excluding carboxylic acids is 2. The maximum atomic E-state index is 12.6. The minimum atomic E-state index is -0.377. The summed E-state index contributed by atoms with van der Waals surface area (Å²) in [7, 11) is 1.57. The van der Waals surface area contributed by atoms with Crippen LogP contribution in [0.5, 0.6) is 5.75 Å². The molecule has 2 amide bonds. The fraction of sp³-hybridized carbons (Fsp3) is 0.300. The zero-order valence-electron chi connectivity index (χ0n) is 14.7. The highest BCUT2D eigenvalue weighted by molar-refractivity contribution is 6.04. The first kappa shape index (κ1) is 17.0. The Labute approximate surface area is 147 Å². The molecule has 0 aliphatic carbocycles. The molecule has 5 heteroatoms. The van der Waals surface area contributed by atoms with Gasteiger partial charge in [0.15, 0.2) is 0 Å². The fourth-order valence-electron chi connectivity index (χ4n) is 3.09. The van der Waals surface area contributed by atoms with E-state index in [1.807, 2.05) is 56.3 Å². The number of aryl methyl sites for hydroxylation is 1. The van der Waals surface area contributed by atoms with E-state index < -0.39 is 0 Å². The molecule has 0 spiro atoms. The van der Waals surface area contributed by atoms with E-state index in [1.54, 1.807) is 12.0 Å². The van der Waals surface area contributed by atoms with Gasteiger partial charge in [0.2, 0.25) is 11.8 Å². The van der Waals surface area contributed by atoms with Crippen LogP contribution in [0.15, 0.2) is 42.5 Å². The number of nitrogens with one attached hydrogen (secondary N) is 1. The predicted octanol–water partition coefficient (Wildman–Crippen LogP) is 3.30. The van der Waals surface area contributed by atoms with Gasteiger partial charge < -0.3 is 15.0 Å². The number of hydrogen-bond donors (Lipinski definition) is 1. The van der Waals surface area contributed by atoms with Gasteiger partial charge in [-0.15, -0.1) is 0 Å². The van der Waals surface area contributed by atoms with Crippen molar-refractivity contribution in [1.82, 2.24) is 0 Å². The van der Waals surface area contributed by atoms with Gasteiger partial charge in [0.25, 0.3) is 0 Å². The molecule has 1 N–H and O–H groups in total. The van der Waals surface area contributed by atoms with Crippen LogP contribution in [0.3, 0.4) is 0 Å². The van der Waals surface area contributed by atoms with Gasteiger partial charge in [0, 0.05) is 18.7 Å². The number of amides is 2. The summed E-state index contributed by atoms with van der Waals surface area (Å²) < 4.78 is 5.33. The summed E-state index contributed by atoms with van der Waals surface area (Å²) in [6.07, 6.45) is 0.203. The highest BCUT2D eigenvalue weighted by atomic mass is 16.5. The maximum Gasteiger partial charge on any atom is 0.229 e. The largest absolute Gasteiger partial charge is 0.495 e. The van der Waals surface area contributed by atoms with Gasteiger partial charge in [-0.2, -0.15) is 0 Å². The van der Waals surface area contributed by atoms with Crippen molar-refractivity contribution in [2.75, 3.05) is 23.9 Å². The Balaban J connectivity index is 1.76. The van der Waals surface area contributed by atoms with Crippen molar-refractivity contribution in [3.05, 3.63) is 53.6 Å². The SMILES string of the molecule is COc1ccccc1N1C[C@H](C(=O)Nc2cccc(C)c2C)CC1=O. The van der Waals surface area contributed by atoms with Crippen molar-refractivity contribution in [1.29, 1.82) is 0 Å². The average molecular weight is 338 g/mol. The molecule has 0 aromatic heterocycles. The van der Waals surface area contributed by atoms with E-state index in [-0.39, 0.29) is 24.2 Å². The summed E-state index contributed by atoms with van der Waals surface area (Å²) in [5.41, 5.74) is 3.67. The van der Waals surface area contributed by atoms with Gasteiger partial charge in [-0.05, 0) is 43.2 Å². The zero-order chi connectivity index (χ0) is 18.0. The second-order valence-electron chi connectivity index (χ2n) is 6.31. The third-order valence-corrected chi connectivity index (χ3v) is 4.73. The van der Waals surface area contributed by atoms with Crippen LogP contribution in [0.1, 0.15) is 17.5 Å². The highest BCUT2D eigenvalue weighted by Gasteiger charge is 2.36. The molecule has 1 atom stereocenters. The lowest BCUT2D eigenvalue weighted by Crippen LogP contribution is -2.28. The molecular weight excluding hydrogens is 316 g/mol. The van der Waals surface area contributed by atoms with Crippen LogP contribution in [-0.4, -0.2) is 25.5 Å². The second-order valence-corrected chi connectivity index (χ2v) is 6.31. The normalized spacial score (nSPS) is 16.8. The Morgan fingerprint density at radius 2 is 1.92 bits per heavy atom. The highest BCUT2D eigenvalue weighted by Crippen LogP contribution is 2.33. The molecule has 0 saturated carbocycles. The molecule has 0 bridgehead atoms. The lowest BCUT2D eigenvalue weighted by molar-refractivity contribution is -0.122. The second kappa shape index (κ2) is 6.97. The van der Waals surface area contributed by atoms with Crippen molar-refractivity contribution in [2.24, 2.45) is 5.92 Å². The summed E-state index contributed by atoms with van der Waals surface area (Å²) in [6, 6.07) is 13.2. The first-order chi connectivity index (χ1) is 12.0. The first-order valence-electron chi connectivity index (χ1n) is 8.31. The van der Waals surface area contributed by atoms with E-state index in [0.29, 0.717) is 18.0 Å². The summed E-state index contributed by atoms with van der Waals surface area (Å²) in [5, 5.41) is 2.97. The van der Waals surface area contributed by atoms with Crippen LogP contribution in [0, 0.1) is 19.8 Å². The number of carbonyl (C=O) groups is 2. The molecule has 1 fully saturated rings. The molecule has 0 radical (unpaired) electrons. The van der Waals surface area contributed by atoms with Crippen molar-refractivity contribution in [3.8, 4) is 5.75 Å². The van der Waals surface area contributed by atoms with Crippen LogP contribution in [0.4, 0.5) is 11.4 Å². The molecule has 1 saturated heterocycles. The molecule has 130 valence electrons. The van der Waals surface area contributed by atoms with Crippen LogP contribution < -0.4 is 15.0 Å². The van der Waals surface area contributed by atoms with Gasteiger partial charge in [-0.3, -0.25) is 9.59 Å². The summed E-state index contributed by atoms with van der Waals surface area (Å²) in [6.45, 7) is 4.34. The third kappa shape index (κ3) is 3.36. The number of benzene rings is 2. The minimum Gasteiger partial charge on any atom is -0.495 e. The number of nitrogens with zero attached hydrogens (tertiary/aromatic N) is 1. The smallest absolute Gasteiger partial charge is 0.229 e. The van der Waals surface area contributed by atoms with Gasteiger partial charge in [-0.1, -0.05) is 24.3 Å². The monoisotopic (exact) mass is 338 g/mol. The van der Waals surface area contributed by atoms with Gasteiger partial charge in [0.1, 0.15) is 5.75 Å². The predicted molar refractivity (Wildman–Crippen MR) is 98.0 cm³/mol. The summed E-state index contributed by atoms with van der Waals surface area (Å²) >= 11 is 0. The molecule has 2 aromatic rings. The Bertz CT molecular complexity index is 816. The molecule has 1 heterocycles. The van der Waals surface area contributed by atoms with Gasteiger partial charge in [-0.25, -0.2) is 0 Å². The zero-order valence-corrected chi connectivity index (χ0v) is 14.7. The Hall–Kier alpha value is -2.82. The molecule has 1 aliphatic rings. The molecule has 1 aliphatic heterocycles. The molecule has 25 heavy (non-hydrogen) atoms. The quantitative estimate of drug-likeness (QED) is 0.930. The Kier molecular flexibility index (Phi) is 4.74. The Morgan fingerprint density at radius 1 is 1.16 bits per heavy atom. The molecule has 5 nitrogen and oxygen atoms in total. The number of methoxy groups -OCH3 is 1. The molecule has 2 aromatic carbocycles. The van der Waals surface area contributed by atoms with E-state index in [4.69, 9.17) is 4.74 Å². The minimum absolute atomic E-state index is 0.0642. The first-order valence-corrected chi connectivity index (χ1v) is 8.31. The van der Waals surface area contributed by atoms with E-state index in [2.05, 4.69) is 5.32 Å². The topological polar surface area (TPSA) is 58.6 Å². The van der Waals surface area contributed by atoms with Crippen LogP contribution >= 0.6 is 0 Å². The van der Waals surface area contributed by atoms with Gasteiger partial charge in [0.05, 0.1) is 18.7 Å². The maximum absolute atomic E-state index is 12.6. The average Bonchev–Trinajstić information content (AvgIpc) is 3.00.